The Kier molecular flexibility index (Phi) is 7.23. The van der Waals surface area contributed by atoms with Crippen LogP contribution in [0.4, 0.5) is 0 Å². The maximum absolute atomic E-state index is 5.19. The third kappa shape index (κ3) is 7.38. The van der Waals surface area contributed by atoms with Crippen LogP contribution in [0.1, 0.15) is 13.3 Å². The van der Waals surface area contributed by atoms with Crippen molar-refractivity contribution in [1.29, 1.82) is 0 Å². The van der Waals surface area contributed by atoms with E-state index < -0.39 is 0 Å². The van der Waals surface area contributed by atoms with Gasteiger partial charge in [-0.3, -0.25) is 0 Å². The fourth-order valence-corrected chi connectivity index (χ4v) is 0.732. The van der Waals surface area contributed by atoms with Gasteiger partial charge in [0.15, 0.2) is 0 Å². The number of likely N-dealkylation sites (N-methyl/N-ethyl adjacent to an activating group) is 1. The van der Waals surface area contributed by atoms with Crippen LogP contribution in [0.25, 0.3) is 0 Å². The van der Waals surface area contributed by atoms with Gasteiger partial charge < -0.3 is 9.64 Å². The summed E-state index contributed by atoms with van der Waals surface area (Å²) in [5, 5.41) is 0. The Morgan fingerprint density at radius 1 is 1.45 bits per heavy atom. The summed E-state index contributed by atoms with van der Waals surface area (Å²) in [5.41, 5.74) is 0. The van der Waals surface area contributed by atoms with Gasteiger partial charge >= 0.3 is 0 Å². The normalized spacial score (nSPS) is 10.0. The molecule has 0 aliphatic rings. The van der Waals surface area contributed by atoms with Gasteiger partial charge in [-0.1, -0.05) is 0 Å². The summed E-state index contributed by atoms with van der Waals surface area (Å²) in [4.78, 5) is 2.18. The molecule has 0 aromatic rings. The van der Waals surface area contributed by atoms with Crippen molar-refractivity contribution in [2.24, 2.45) is 0 Å². The Morgan fingerprint density at radius 3 is 2.73 bits per heavy atom. The molecule has 2 nitrogen and oxygen atoms in total. The van der Waals surface area contributed by atoms with Crippen LogP contribution in [0.3, 0.4) is 0 Å². The molecule has 0 atom stereocenters. The number of hydrogen-bond acceptors (Lipinski definition) is 2. The molecule has 11 heavy (non-hydrogen) atoms. The largest absolute Gasteiger partial charge is 0.380 e. The van der Waals surface area contributed by atoms with Crippen molar-refractivity contribution in [2.75, 3.05) is 33.4 Å². The molecule has 0 spiro atoms. The number of hydrogen-bond donors (Lipinski definition) is 0. The third-order valence-electron chi connectivity index (χ3n) is 1.46. The highest BCUT2D eigenvalue weighted by atomic mass is 16.5. The molecule has 0 amide bonds. The first kappa shape index (κ1) is 10.5. The second kappa shape index (κ2) is 7.59. The summed E-state index contributed by atoms with van der Waals surface area (Å²) in [6.45, 7) is 5.53. The number of nitrogens with zero attached hydrogens (tertiary/aromatic N) is 1. The van der Waals surface area contributed by atoms with Crippen LogP contribution < -0.4 is 0 Å². The smallest absolute Gasteiger partial charge is 0.0593 e. The second-order valence-electron chi connectivity index (χ2n) is 2.45. The van der Waals surface area contributed by atoms with Gasteiger partial charge in [-0.15, -0.1) is 12.3 Å². The average Bonchev–Trinajstić information content (AvgIpc) is 2.01. The van der Waals surface area contributed by atoms with E-state index >= 15 is 0 Å². The van der Waals surface area contributed by atoms with E-state index in [0.717, 1.165) is 32.7 Å². The first-order valence-electron chi connectivity index (χ1n) is 4.01. The Bertz CT molecular complexity index is 117. The molecule has 0 bridgehead atoms. The van der Waals surface area contributed by atoms with Crippen LogP contribution in [-0.4, -0.2) is 38.3 Å². The second-order valence-corrected chi connectivity index (χ2v) is 2.45. The van der Waals surface area contributed by atoms with Crippen LogP contribution in [-0.2, 0) is 4.74 Å². The predicted octanol–water partition coefficient (Wildman–Crippen LogP) is 0.978. The van der Waals surface area contributed by atoms with Crippen LogP contribution in [0.2, 0.25) is 0 Å². The van der Waals surface area contributed by atoms with E-state index in [4.69, 9.17) is 11.2 Å². The van der Waals surface area contributed by atoms with Crippen molar-refractivity contribution in [3.05, 3.63) is 0 Å². The fourth-order valence-electron chi connectivity index (χ4n) is 0.732. The van der Waals surface area contributed by atoms with Gasteiger partial charge in [0.1, 0.15) is 0 Å². The Balaban J connectivity index is 3.10. The van der Waals surface area contributed by atoms with Crippen molar-refractivity contribution >= 4 is 0 Å². The fraction of sp³-hybridized carbons (Fsp3) is 0.778. The van der Waals surface area contributed by atoms with Gasteiger partial charge in [-0.2, -0.15) is 0 Å². The first-order chi connectivity index (χ1) is 5.31. The highest BCUT2D eigenvalue weighted by molar-refractivity contribution is 4.84. The highest BCUT2D eigenvalue weighted by Crippen LogP contribution is 1.85. The summed E-state index contributed by atoms with van der Waals surface area (Å²) < 4.78 is 5.19. The lowest BCUT2D eigenvalue weighted by atomic mass is 10.4. The van der Waals surface area contributed by atoms with Crippen molar-refractivity contribution < 1.29 is 4.74 Å². The van der Waals surface area contributed by atoms with Gasteiger partial charge in [0.05, 0.1) is 6.61 Å². The maximum Gasteiger partial charge on any atom is 0.0593 e. The van der Waals surface area contributed by atoms with Crippen molar-refractivity contribution in [2.45, 2.75) is 13.3 Å². The molecular weight excluding hydrogens is 138 g/mol. The Morgan fingerprint density at radius 2 is 2.18 bits per heavy atom. The van der Waals surface area contributed by atoms with Crippen molar-refractivity contribution in [3.8, 4) is 12.3 Å². The molecule has 0 radical (unpaired) electrons. The Hall–Kier alpha value is -0.520. The standard InChI is InChI=1S/C9H17NO/c1-4-6-7-10(3)8-9-11-5-2/h1H,5-9H2,2-3H3. The summed E-state index contributed by atoms with van der Waals surface area (Å²) in [6, 6.07) is 0. The first-order valence-corrected chi connectivity index (χ1v) is 4.01. The summed E-state index contributed by atoms with van der Waals surface area (Å²) in [7, 11) is 2.05. The van der Waals surface area contributed by atoms with Crippen molar-refractivity contribution in [3.63, 3.8) is 0 Å². The molecule has 0 rings (SSSR count). The zero-order valence-electron chi connectivity index (χ0n) is 7.47. The summed E-state index contributed by atoms with van der Waals surface area (Å²) in [6.07, 6.45) is 5.95. The Labute approximate surface area is 69.5 Å². The van der Waals surface area contributed by atoms with Gasteiger partial charge in [0, 0.05) is 26.1 Å². The summed E-state index contributed by atoms with van der Waals surface area (Å²) >= 11 is 0. The SMILES string of the molecule is C#CCCN(C)CCOCC. The summed E-state index contributed by atoms with van der Waals surface area (Å²) in [5.74, 6) is 2.61. The zero-order valence-corrected chi connectivity index (χ0v) is 7.47. The molecule has 0 aliphatic heterocycles. The molecule has 64 valence electrons. The predicted molar refractivity (Wildman–Crippen MR) is 47.4 cm³/mol. The molecule has 0 heterocycles. The minimum absolute atomic E-state index is 0.795. The maximum atomic E-state index is 5.19. The molecule has 0 aromatic heterocycles. The van der Waals surface area contributed by atoms with E-state index in [1.165, 1.54) is 0 Å². The van der Waals surface area contributed by atoms with Gasteiger partial charge in [-0.05, 0) is 14.0 Å². The molecule has 2 heteroatoms. The van der Waals surface area contributed by atoms with Crippen LogP contribution >= 0.6 is 0 Å². The van der Waals surface area contributed by atoms with E-state index in [1.54, 1.807) is 0 Å². The lowest BCUT2D eigenvalue weighted by molar-refractivity contribution is 0.123. The van der Waals surface area contributed by atoms with Crippen LogP contribution in [0, 0.1) is 12.3 Å². The van der Waals surface area contributed by atoms with Gasteiger partial charge in [0.2, 0.25) is 0 Å². The number of terminal acetylenes is 1. The minimum atomic E-state index is 0.795. The van der Waals surface area contributed by atoms with Crippen LogP contribution in [0.5, 0.6) is 0 Å². The van der Waals surface area contributed by atoms with E-state index in [9.17, 15) is 0 Å². The van der Waals surface area contributed by atoms with E-state index in [0.29, 0.717) is 0 Å². The lowest BCUT2D eigenvalue weighted by Crippen LogP contribution is -2.24. The van der Waals surface area contributed by atoms with E-state index in [-0.39, 0.29) is 0 Å². The third-order valence-corrected chi connectivity index (χ3v) is 1.46. The molecule has 0 unspecified atom stereocenters. The average molecular weight is 155 g/mol. The lowest BCUT2D eigenvalue weighted by Gasteiger charge is -2.14. The van der Waals surface area contributed by atoms with Gasteiger partial charge in [-0.25, -0.2) is 0 Å². The molecule has 0 aromatic carbocycles. The van der Waals surface area contributed by atoms with E-state index in [2.05, 4.69) is 17.9 Å². The van der Waals surface area contributed by atoms with E-state index in [1.807, 2.05) is 6.92 Å². The highest BCUT2D eigenvalue weighted by Gasteiger charge is 1.94. The van der Waals surface area contributed by atoms with Crippen molar-refractivity contribution in [1.82, 2.24) is 4.90 Å². The molecule has 0 N–H and O–H groups in total. The topological polar surface area (TPSA) is 12.5 Å². The van der Waals surface area contributed by atoms with Gasteiger partial charge in [0.25, 0.3) is 0 Å². The number of rotatable bonds is 6. The minimum Gasteiger partial charge on any atom is -0.380 e. The zero-order chi connectivity index (χ0) is 8.53. The molecular formula is C9H17NO. The molecule has 0 fully saturated rings. The molecule has 0 aliphatic carbocycles. The monoisotopic (exact) mass is 155 g/mol. The number of ether oxygens (including phenoxy) is 1. The quantitative estimate of drug-likeness (QED) is 0.419. The molecule has 0 saturated heterocycles. The van der Waals surface area contributed by atoms with Crippen LogP contribution in [0.15, 0.2) is 0 Å². The molecule has 0 saturated carbocycles.